The van der Waals surface area contributed by atoms with Crippen LogP contribution in [0.25, 0.3) is 10.9 Å². The van der Waals surface area contributed by atoms with E-state index in [1.807, 2.05) is 44.2 Å². The van der Waals surface area contributed by atoms with E-state index >= 15 is 0 Å². The topological polar surface area (TPSA) is 71.8 Å². The first kappa shape index (κ1) is 15.0. The van der Waals surface area contributed by atoms with Crippen molar-refractivity contribution in [1.29, 1.82) is 0 Å². The Morgan fingerprint density at radius 3 is 2.71 bits per heavy atom. The number of aromatic nitrogens is 1. The molecule has 1 aromatic heterocycles. The average Bonchev–Trinajstić information content (AvgIpc) is 2.47. The number of para-hydroxylation sites is 1. The molecule has 0 amide bonds. The summed E-state index contributed by atoms with van der Waals surface area (Å²) in [5, 5.41) is 13.4. The van der Waals surface area contributed by atoms with E-state index in [9.17, 15) is 10.0 Å². The van der Waals surface area contributed by atoms with Crippen LogP contribution in [0.4, 0.5) is 0 Å². The van der Waals surface area contributed by atoms with E-state index in [1.165, 1.54) is 0 Å². The summed E-state index contributed by atoms with van der Waals surface area (Å²) < 4.78 is 4.97. The molecule has 0 aliphatic carbocycles. The van der Waals surface area contributed by atoms with Gasteiger partial charge >= 0.3 is 5.97 Å². The highest BCUT2D eigenvalue weighted by atomic mass is 16.5. The number of hydrogen-bond donors (Lipinski definition) is 1. The van der Waals surface area contributed by atoms with Crippen LogP contribution in [-0.4, -0.2) is 28.5 Å². The first-order chi connectivity index (χ1) is 10.0. The highest BCUT2D eigenvalue weighted by molar-refractivity contribution is 6.40. The molecule has 0 spiro atoms. The normalized spacial score (nSPS) is 12.4. The van der Waals surface area contributed by atoms with Gasteiger partial charge in [-0.05, 0) is 38.5 Å². The van der Waals surface area contributed by atoms with Gasteiger partial charge in [-0.3, -0.25) is 4.98 Å². The minimum atomic E-state index is -0.802. The summed E-state index contributed by atoms with van der Waals surface area (Å²) in [6.45, 7) is 5.58. The Morgan fingerprint density at radius 1 is 1.33 bits per heavy atom. The lowest BCUT2D eigenvalue weighted by Crippen LogP contribution is -2.37. The molecule has 0 saturated heterocycles. The zero-order valence-electron chi connectivity index (χ0n) is 12.3. The standard InChI is InChI=1S/C16H18N2O3/c1-4-21-15(19)14(18-20)16(2,3)12-9-10-17-13-8-6-5-7-11(12)13/h5-10,20H,4H2,1-3H3/b18-14-. The molecule has 0 fully saturated rings. The van der Waals surface area contributed by atoms with E-state index in [-0.39, 0.29) is 12.3 Å². The largest absolute Gasteiger partial charge is 0.461 e. The zero-order chi connectivity index (χ0) is 15.5. The Kier molecular flexibility index (Phi) is 4.21. The Morgan fingerprint density at radius 2 is 2.05 bits per heavy atom. The molecular formula is C16H18N2O3. The van der Waals surface area contributed by atoms with Gasteiger partial charge < -0.3 is 9.94 Å². The third kappa shape index (κ3) is 2.72. The highest BCUT2D eigenvalue weighted by Crippen LogP contribution is 2.31. The van der Waals surface area contributed by atoms with Crippen LogP contribution in [0, 0.1) is 0 Å². The van der Waals surface area contributed by atoms with E-state index in [1.54, 1.807) is 13.1 Å². The third-order valence-corrected chi connectivity index (χ3v) is 3.48. The first-order valence-electron chi connectivity index (χ1n) is 6.76. The van der Waals surface area contributed by atoms with Crippen LogP contribution in [0.2, 0.25) is 0 Å². The molecule has 5 nitrogen and oxygen atoms in total. The fourth-order valence-electron chi connectivity index (χ4n) is 2.39. The second-order valence-electron chi connectivity index (χ2n) is 5.17. The van der Waals surface area contributed by atoms with E-state index < -0.39 is 11.4 Å². The van der Waals surface area contributed by atoms with E-state index in [2.05, 4.69) is 10.1 Å². The van der Waals surface area contributed by atoms with Crippen LogP contribution < -0.4 is 0 Å². The summed E-state index contributed by atoms with van der Waals surface area (Å²) in [5.74, 6) is -0.620. The lowest BCUT2D eigenvalue weighted by atomic mass is 9.78. The average molecular weight is 286 g/mol. The molecule has 0 aliphatic rings. The summed E-state index contributed by atoms with van der Waals surface area (Å²) in [5.41, 5.74) is 0.850. The van der Waals surface area contributed by atoms with Gasteiger partial charge in [-0.25, -0.2) is 4.79 Å². The quantitative estimate of drug-likeness (QED) is 0.406. The first-order valence-corrected chi connectivity index (χ1v) is 6.76. The Bertz CT molecular complexity index is 687. The second-order valence-corrected chi connectivity index (χ2v) is 5.17. The molecule has 2 rings (SSSR count). The molecular weight excluding hydrogens is 268 g/mol. The fourth-order valence-corrected chi connectivity index (χ4v) is 2.39. The molecule has 0 unspecified atom stereocenters. The Hall–Kier alpha value is -2.43. The van der Waals surface area contributed by atoms with Gasteiger partial charge in [-0.1, -0.05) is 23.4 Å². The number of fused-ring (bicyclic) bond motifs is 1. The molecule has 21 heavy (non-hydrogen) atoms. The number of hydrogen-bond acceptors (Lipinski definition) is 5. The number of pyridine rings is 1. The molecule has 0 radical (unpaired) electrons. The van der Waals surface area contributed by atoms with Gasteiger partial charge in [-0.15, -0.1) is 0 Å². The predicted molar refractivity (Wildman–Crippen MR) is 80.6 cm³/mol. The van der Waals surface area contributed by atoms with Gasteiger partial charge in [0.05, 0.1) is 12.1 Å². The van der Waals surface area contributed by atoms with Crippen molar-refractivity contribution in [2.75, 3.05) is 6.61 Å². The Balaban J connectivity index is 2.58. The molecule has 0 bridgehead atoms. The summed E-state index contributed by atoms with van der Waals surface area (Å²) >= 11 is 0. The molecule has 1 heterocycles. The highest BCUT2D eigenvalue weighted by Gasteiger charge is 2.35. The third-order valence-electron chi connectivity index (χ3n) is 3.48. The van der Waals surface area contributed by atoms with Gasteiger partial charge in [0.1, 0.15) is 0 Å². The van der Waals surface area contributed by atoms with Gasteiger partial charge in [0.25, 0.3) is 0 Å². The van der Waals surface area contributed by atoms with Crippen LogP contribution in [0.3, 0.4) is 0 Å². The number of carbonyl (C=O) groups excluding carboxylic acids is 1. The molecule has 2 aromatic rings. The number of carbonyl (C=O) groups is 1. The second kappa shape index (κ2) is 5.91. The maximum Gasteiger partial charge on any atom is 0.357 e. The van der Waals surface area contributed by atoms with Crippen molar-refractivity contribution in [3.05, 3.63) is 42.1 Å². The van der Waals surface area contributed by atoms with Crippen molar-refractivity contribution in [2.45, 2.75) is 26.2 Å². The SMILES string of the molecule is CCOC(=O)/C(=N/O)C(C)(C)c1ccnc2ccccc12. The number of oxime groups is 1. The van der Waals surface area contributed by atoms with Crippen LogP contribution in [0.15, 0.2) is 41.7 Å². The monoisotopic (exact) mass is 286 g/mol. The number of benzene rings is 1. The number of nitrogens with zero attached hydrogens (tertiary/aromatic N) is 2. The van der Waals surface area contributed by atoms with Gasteiger partial charge in [0, 0.05) is 17.0 Å². The molecule has 0 saturated carbocycles. The number of ether oxygens (including phenoxy) is 1. The number of rotatable bonds is 4. The van der Waals surface area contributed by atoms with Crippen molar-refractivity contribution in [3.8, 4) is 0 Å². The zero-order valence-corrected chi connectivity index (χ0v) is 12.3. The van der Waals surface area contributed by atoms with Crippen molar-refractivity contribution in [1.82, 2.24) is 4.98 Å². The maximum atomic E-state index is 12.0. The van der Waals surface area contributed by atoms with Crippen molar-refractivity contribution >= 4 is 22.6 Å². The maximum absolute atomic E-state index is 12.0. The minimum Gasteiger partial charge on any atom is -0.461 e. The van der Waals surface area contributed by atoms with Crippen LogP contribution >= 0.6 is 0 Å². The predicted octanol–water partition coefficient (Wildman–Crippen LogP) is 2.91. The molecule has 1 N–H and O–H groups in total. The summed E-state index contributed by atoms with van der Waals surface area (Å²) in [7, 11) is 0. The summed E-state index contributed by atoms with van der Waals surface area (Å²) in [4.78, 5) is 16.3. The van der Waals surface area contributed by atoms with E-state index in [4.69, 9.17) is 4.74 Å². The number of esters is 1. The van der Waals surface area contributed by atoms with Crippen LogP contribution in [0.5, 0.6) is 0 Å². The summed E-state index contributed by atoms with van der Waals surface area (Å²) in [6, 6.07) is 9.46. The lowest BCUT2D eigenvalue weighted by molar-refractivity contribution is -0.135. The minimum absolute atomic E-state index is 0.0271. The molecule has 5 heteroatoms. The molecule has 1 aromatic carbocycles. The van der Waals surface area contributed by atoms with Crippen LogP contribution in [-0.2, 0) is 14.9 Å². The molecule has 0 atom stereocenters. The van der Waals surface area contributed by atoms with E-state index in [0.29, 0.717) is 0 Å². The Labute approximate surface area is 123 Å². The summed E-state index contributed by atoms with van der Waals surface area (Å²) in [6.07, 6.45) is 1.68. The van der Waals surface area contributed by atoms with Crippen LogP contribution in [0.1, 0.15) is 26.3 Å². The molecule has 0 aliphatic heterocycles. The van der Waals surface area contributed by atoms with Crippen molar-refractivity contribution in [3.63, 3.8) is 0 Å². The van der Waals surface area contributed by atoms with E-state index in [0.717, 1.165) is 16.5 Å². The van der Waals surface area contributed by atoms with Crippen molar-refractivity contribution in [2.24, 2.45) is 5.16 Å². The fraction of sp³-hybridized carbons (Fsp3) is 0.312. The lowest BCUT2D eigenvalue weighted by Gasteiger charge is -2.26. The van der Waals surface area contributed by atoms with Crippen molar-refractivity contribution < 1.29 is 14.7 Å². The molecule has 110 valence electrons. The van der Waals surface area contributed by atoms with Gasteiger partial charge in [0.15, 0.2) is 5.71 Å². The van der Waals surface area contributed by atoms with Gasteiger partial charge in [0.2, 0.25) is 0 Å². The van der Waals surface area contributed by atoms with Gasteiger partial charge in [-0.2, -0.15) is 0 Å². The smallest absolute Gasteiger partial charge is 0.357 e.